The number of ether oxygens (including phenoxy) is 3. The summed E-state index contributed by atoms with van der Waals surface area (Å²) in [6.07, 6.45) is 1.23. The van der Waals surface area contributed by atoms with Crippen LogP contribution >= 0.6 is 0 Å². The van der Waals surface area contributed by atoms with Crippen molar-refractivity contribution in [2.45, 2.75) is 40.0 Å². The lowest BCUT2D eigenvalue weighted by molar-refractivity contribution is -0.150. The number of allylic oxidation sites excluding steroid dienone is 1. The van der Waals surface area contributed by atoms with Crippen molar-refractivity contribution >= 4 is 17.5 Å². The van der Waals surface area contributed by atoms with Crippen LogP contribution in [0.25, 0.3) is 0 Å². The van der Waals surface area contributed by atoms with Gasteiger partial charge in [0.15, 0.2) is 17.3 Å². The Morgan fingerprint density at radius 3 is 2.43 bits per heavy atom. The predicted octanol–water partition coefficient (Wildman–Crippen LogP) is 3.70. The molecule has 1 N–H and O–H groups in total. The lowest BCUT2D eigenvalue weighted by Gasteiger charge is -2.36. The van der Waals surface area contributed by atoms with Crippen LogP contribution in [0.15, 0.2) is 34.5 Å². The predicted molar refractivity (Wildman–Crippen MR) is 114 cm³/mol. The molecule has 1 atom stereocenters. The molecule has 7 heteroatoms. The second kappa shape index (κ2) is 9.78. The third-order valence-electron chi connectivity index (χ3n) is 5.42. The zero-order valence-electron chi connectivity index (χ0n) is 18.6. The molecule has 1 aliphatic rings. The van der Waals surface area contributed by atoms with E-state index in [1.807, 2.05) is 25.1 Å². The van der Waals surface area contributed by atoms with E-state index in [4.69, 9.17) is 14.2 Å². The van der Waals surface area contributed by atoms with Crippen LogP contribution in [0, 0.1) is 11.3 Å². The summed E-state index contributed by atoms with van der Waals surface area (Å²) in [6, 6.07) is 5.65. The first-order valence-electron chi connectivity index (χ1n) is 9.98. The van der Waals surface area contributed by atoms with Crippen molar-refractivity contribution < 1.29 is 28.9 Å². The molecule has 2 rings (SSSR count). The molecular formula is C23H31NO6. The van der Waals surface area contributed by atoms with Crippen LogP contribution in [0.3, 0.4) is 0 Å². The molecule has 0 aromatic heterocycles. The number of aliphatic imine (C=N–C) groups is 1. The molecule has 0 fully saturated rings. The maximum Gasteiger partial charge on any atom is 0.316 e. The highest BCUT2D eigenvalue weighted by Crippen LogP contribution is 2.42. The summed E-state index contributed by atoms with van der Waals surface area (Å²) in [4.78, 5) is 29.6. The van der Waals surface area contributed by atoms with E-state index >= 15 is 0 Å². The number of methoxy groups -OCH3 is 3. The molecule has 7 nitrogen and oxygen atoms in total. The summed E-state index contributed by atoms with van der Waals surface area (Å²) in [5.74, 6) is -0.598. The Bertz CT molecular complexity index is 868. The topological polar surface area (TPSA) is 94.4 Å². The van der Waals surface area contributed by atoms with E-state index < -0.39 is 17.3 Å². The van der Waals surface area contributed by atoms with E-state index in [2.05, 4.69) is 4.99 Å². The maximum absolute atomic E-state index is 12.8. The number of hydrogen-bond acceptors (Lipinski definition) is 7. The average molecular weight is 418 g/mol. The first-order chi connectivity index (χ1) is 14.2. The second-order valence-electron chi connectivity index (χ2n) is 7.93. The first kappa shape index (κ1) is 23.4. The van der Waals surface area contributed by atoms with Gasteiger partial charge in [0.2, 0.25) is 0 Å². The van der Waals surface area contributed by atoms with Crippen molar-refractivity contribution in [3.05, 3.63) is 35.1 Å². The second-order valence-corrected chi connectivity index (χ2v) is 7.93. The molecule has 0 saturated carbocycles. The highest BCUT2D eigenvalue weighted by atomic mass is 16.5. The fraction of sp³-hybridized carbons (Fsp3) is 0.522. The zero-order chi connectivity index (χ0) is 22.5. The number of carbonyl (C=O) groups excluding carboxylic acids is 2. The fourth-order valence-corrected chi connectivity index (χ4v) is 3.84. The molecule has 0 aliphatic heterocycles. The lowest BCUT2D eigenvalue weighted by Crippen LogP contribution is -2.41. The lowest BCUT2D eigenvalue weighted by atomic mass is 9.67. The summed E-state index contributed by atoms with van der Waals surface area (Å²) >= 11 is 0. The number of benzene rings is 1. The molecule has 0 saturated heterocycles. The standard InChI is InChI=1S/C23H31NO6/c1-7-15(24-11-10-14-8-9-17(28-4)18(12-14)29-5)19-16(25)13-23(2,3)20(21(19)26)22(27)30-6/h8-9,12,20,26H,7,10-11,13H2,1-6H3/t20-/m1/s1. The number of carbonyl (C=O) groups is 2. The quantitative estimate of drug-likeness (QED) is 0.512. The van der Waals surface area contributed by atoms with Crippen molar-refractivity contribution in [1.82, 2.24) is 0 Å². The Balaban J connectivity index is 2.30. The molecule has 0 heterocycles. The number of nitrogens with zero attached hydrogens (tertiary/aromatic N) is 1. The SMILES string of the molecule is CCC(=NCCc1ccc(OC)c(OC)c1)C1=C(O)[C@H](C(=O)OC)C(C)(C)CC1=O. The van der Waals surface area contributed by atoms with E-state index in [9.17, 15) is 14.7 Å². The van der Waals surface area contributed by atoms with E-state index in [-0.39, 0.29) is 23.5 Å². The minimum absolute atomic E-state index is 0.140. The third-order valence-corrected chi connectivity index (χ3v) is 5.42. The van der Waals surface area contributed by atoms with Gasteiger partial charge in [-0.15, -0.1) is 0 Å². The van der Waals surface area contributed by atoms with Gasteiger partial charge in [-0.25, -0.2) is 0 Å². The number of aliphatic hydroxyl groups excluding tert-OH is 1. The molecule has 0 amide bonds. The van der Waals surface area contributed by atoms with Gasteiger partial charge in [-0.1, -0.05) is 26.8 Å². The van der Waals surface area contributed by atoms with Gasteiger partial charge in [-0.2, -0.15) is 0 Å². The molecule has 0 radical (unpaired) electrons. The van der Waals surface area contributed by atoms with Gasteiger partial charge in [0.1, 0.15) is 11.7 Å². The van der Waals surface area contributed by atoms with Gasteiger partial charge in [-0.05, 0) is 36.0 Å². The summed E-state index contributed by atoms with van der Waals surface area (Å²) in [5.41, 5.74) is 0.937. The Labute approximate surface area is 177 Å². The van der Waals surface area contributed by atoms with Crippen molar-refractivity contribution in [3.63, 3.8) is 0 Å². The Hall–Kier alpha value is -2.83. The Morgan fingerprint density at radius 2 is 1.87 bits per heavy atom. The summed E-state index contributed by atoms with van der Waals surface area (Å²) in [6.45, 7) is 5.85. The number of hydrogen-bond donors (Lipinski definition) is 1. The molecule has 1 aliphatic carbocycles. The first-order valence-corrected chi connectivity index (χ1v) is 9.98. The highest BCUT2D eigenvalue weighted by Gasteiger charge is 2.47. The van der Waals surface area contributed by atoms with Gasteiger partial charge in [0, 0.05) is 18.7 Å². The van der Waals surface area contributed by atoms with E-state index in [1.54, 1.807) is 28.1 Å². The number of rotatable bonds is 8. The van der Waals surface area contributed by atoms with Crippen LogP contribution < -0.4 is 9.47 Å². The van der Waals surface area contributed by atoms with Crippen LogP contribution in [0.1, 0.15) is 39.2 Å². The van der Waals surface area contributed by atoms with E-state index in [0.29, 0.717) is 36.6 Å². The summed E-state index contributed by atoms with van der Waals surface area (Å²) < 4.78 is 15.4. The average Bonchev–Trinajstić information content (AvgIpc) is 2.71. The number of ketones is 1. The largest absolute Gasteiger partial charge is 0.511 e. The van der Waals surface area contributed by atoms with E-state index in [0.717, 1.165) is 5.56 Å². The molecule has 1 aromatic carbocycles. The molecule has 0 unspecified atom stereocenters. The van der Waals surface area contributed by atoms with Gasteiger partial charge < -0.3 is 19.3 Å². The zero-order valence-corrected chi connectivity index (χ0v) is 18.6. The van der Waals surface area contributed by atoms with Crippen LogP contribution in [0.5, 0.6) is 11.5 Å². The summed E-state index contributed by atoms with van der Waals surface area (Å²) in [7, 11) is 4.44. The molecule has 164 valence electrons. The van der Waals surface area contributed by atoms with Crippen LogP contribution in [0.2, 0.25) is 0 Å². The number of aliphatic hydroxyl groups is 1. The monoisotopic (exact) mass is 417 g/mol. The van der Waals surface area contributed by atoms with Crippen LogP contribution in [0.4, 0.5) is 0 Å². The highest BCUT2D eigenvalue weighted by molar-refractivity contribution is 6.23. The van der Waals surface area contributed by atoms with Crippen molar-refractivity contribution in [2.75, 3.05) is 27.9 Å². The fourth-order valence-electron chi connectivity index (χ4n) is 3.84. The minimum Gasteiger partial charge on any atom is -0.511 e. The van der Waals surface area contributed by atoms with Crippen molar-refractivity contribution in [3.8, 4) is 11.5 Å². The number of Topliss-reactive ketones (excluding diaryl/α,β-unsaturated/α-hetero) is 1. The summed E-state index contributed by atoms with van der Waals surface area (Å²) in [5, 5.41) is 10.8. The van der Waals surface area contributed by atoms with Gasteiger partial charge in [-0.3, -0.25) is 14.6 Å². The molecular weight excluding hydrogens is 386 g/mol. The Kier molecular flexibility index (Phi) is 7.65. The maximum atomic E-state index is 12.8. The molecule has 1 aromatic rings. The minimum atomic E-state index is -0.891. The smallest absolute Gasteiger partial charge is 0.316 e. The van der Waals surface area contributed by atoms with Gasteiger partial charge in [0.05, 0.1) is 26.9 Å². The molecule has 30 heavy (non-hydrogen) atoms. The third kappa shape index (κ3) is 4.83. The van der Waals surface area contributed by atoms with Crippen LogP contribution in [-0.4, -0.2) is 50.4 Å². The van der Waals surface area contributed by atoms with Crippen molar-refractivity contribution in [1.29, 1.82) is 0 Å². The van der Waals surface area contributed by atoms with Crippen LogP contribution in [-0.2, 0) is 20.7 Å². The van der Waals surface area contributed by atoms with Gasteiger partial charge in [0.25, 0.3) is 0 Å². The number of esters is 1. The van der Waals surface area contributed by atoms with E-state index in [1.165, 1.54) is 7.11 Å². The van der Waals surface area contributed by atoms with Gasteiger partial charge >= 0.3 is 5.97 Å². The normalized spacial score (nSPS) is 18.9. The Morgan fingerprint density at radius 1 is 1.20 bits per heavy atom. The molecule has 0 bridgehead atoms. The molecule has 0 spiro atoms. The van der Waals surface area contributed by atoms with Crippen molar-refractivity contribution in [2.24, 2.45) is 16.3 Å².